The molecule has 2 aliphatic rings. The topological polar surface area (TPSA) is 72.9 Å². The molecule has 6 rings (SSSR count). The molecule has 0 N–H and O–H groups in total. The van der Waals surface area contributed by atoms with Crippen molar-refractivity contribution >= 4 is 17.7 Å². The number of carbonyl (C=O) groups excluding carboxylic acids is 3. The van der Waals surface area contributed by atoms with Crippen molar-refractivity contribution in [1.82, 2.24) is 4.90 Å². The van der Waals surface area contributed by atoms with Gasteiger partial charge >= 0.3 is 5.97 Å². The predicted octanol–water partition coefficient (Wildman–Crippen LogP) is 6.30. The molecule has 2 fully saturated rings. The standard InChI is InChI=1S/C36H33NO5/c1-27(38)41-36-22-23-37(25-28-14-6-2-7-15-28)33(40)34(36,24-32(39)29-16-8-3-9-17-29)26-35(42-36,30-18-10-4-11-19-30)31-20-12-5-13-21-31/h2-21H,22-26H2,1H3. The SMILES string of the molecule is CC(=O)OC12CCN(Cc3ccccc3)C(=O)C1(CC(=O)c1ccccc1)CC(c1ccccc1)(c1ccccc1)O2. The van der Waals surface area contributed by atoms with Crippen LogP contribution in [0.3, 0.4) is 0 Å². The van der Waals surface area contributed by atoms with Gasteiger partial charge in [0.25, 0.3) is 0 Å². The van der Waals surface area contributed by atoms with E-state index in [1.165, 1.54) is 6.92 Å². The Morgan fingerprint density at radius 2 is 1.31 bits per heavy atom. The Hall–Kier alpha value is -4.55. The maximum atomic E-state index is 14.9. The molecule has 42 heavy (non-hydrogen) atoms. The fourth-order valence-electron chi connectivity index (χ4n) is 6.72. The summed E-state index contributed by atoms with van der Waals surface area (Å²) in [4.78, 5) is 43.5. The van der Waals surface area contributed by atoms with Crippen molar-refractivity contribution in [3.8, 4) is 0 Å². The monoisotopic (exact) mass is 559 g/mol. The van der Waals surface area contributed by atoms with Crippen LogP contribution in [0.5, 0.6) is 0 Å². The number of benzene rings is 4. The molecule has 0 spiro atoms. The van der Waals surface area contributed by atoms with Crippen molar-refractivity contribution in [2.24, 2.45) is 5.41 Å². The minimum Gasteiger partial charge on any atom is -0.432 e. The van der Waals surface area contributed by atoms with Crippen LogP contribution in [0.4, 0.5) is 0 Å². The Balaban J connectivity index is 1.55. The quantitative estimate of drug-likeness (QED) is 0.187. The Labute approximate surface area is 245 Å². The van der Waals surface area contributed by atoms with Crippen LogP contribution in [0.15, 0.2) is 121 Å². The van der Waals surface area contributed by atoms with E-state index in [9.17, 15) is 14.4 Å². The Bertz CT molecular complexity index is 1540. The highest BCUT2D eigenvalue weighted by molar-refractivity contribution is 6.01. The van der Waals surface area contributed by atoms with Gasteiger partial charge in [-0.1, -0.05) is 121 Å². The van der Waals surface area contributed by atoms with E-state index in [-0.39, 0.29) is 31.0 Å². The van der Waals surface area contributed by atoms with Gasteiger partial charge in [-0.3, -0.25) is 14.4 Å². The number of nitrogens with zero attached hydrogens (tertiary/aromatic N) is 1. The highest BCUT2D eigenvalue weighted by Gasteiger charge is 2.74. The number of amides is 1. The van der Waals surface area contributed by atoms with Crippen LogP contribution < -0.4 is 0 Å². The van der Waals surface area contributed by atoms with Gasteiger partial charge in [0.15, 0.2) is 5.78 Å². The van der Waals surface area contributed by atoms with Gasteiger partial charge in [-0.05, 0) is 16.7 Å². The molecule has 6 nitrogen and oxygen atoms in total. The summed E-state index contributed by atoms with van der Waals surface area (Å²) in [7, 11) is 0. The second kappa shape index (κ2) is 11.0. The lowest BCUT2D eigenvalue weighted by atomic mass is 9.65. The van der Waals surface area contributed by atoms with E-state index in [0.29, 0.717) is 18.7 Å². The van der Waals surface area contributed by atoms with Crippen LogP contribution >= 0.6 is 0 Å². The number of Topliss-reactive ketones (excluding diaryl/α,β-unsaturated/α-hetero) is 1. The molecule has 0 aromatic heterocycles. The van der Waals surface area contributed by atoms with Crippen molar-refractivity contribution < 1.29 is 23.9 Å². The molecule has 2 aliphatic heterocycles. The minimum atomic E-state index is -1.65. The zero-order valence-corrected chi connectivity index (χ0v) is 23.6. The summed E-state index contributed by atoms with van der Waals surface area (Å²) in [6, 6.07) is 38.1. The third-order valence-electron chi connectivity index (χ3n) is 8.59. The molecule has 2 saturated heterocycles. The first-order chi connectivity index (χ1) is 20.4. The van der Waals surface area contributed by atoms with E-state index in [2.05, 4.69) is 0 Å². The number of hydrogen-bond acceptors (Lipinski definition) is 5. The second-order valence-corrected chi connectivity index (χ2v) is 11.2. The number of hydrogen-bond donors (Lipinski definition) is 0. The molecule has 4 aromatic rings. The van der Waals surface area contributed by atoms with Gasteiger partial charge in [-0.25, -0.2) is 0 Å². The third kappa shape index (κ3) is 4.72. The molecule has 0 bridgehead atoms. The molecule has 2 heterocycles. The summed E-state index contributed by atoms with van der Waals surface area (Å²) in [5.41, 5.74) is 0.495. The van der Waals surface area contributed by atoms with Crippen LogP contribution in [0, 0.1) is 5.41 Å². The molecule has 1 amide bonds. The van der Waals surface area contributed by atoms with E-state index in [0.717, 1.165) is 16.7 Å². The largest absolute Gasteiger partial charge is 0.432 e. The van der Waals surface area contributed by atoms with E-state index >= 15 is 0 Å². The van der Waals surface area contributed by atoms with Crippen molar-refractivity contribution in [3.63, 3.8) is 0 Å². The number of piperidine rings is 1. The smallest absolute Gasteiger partial charge is 0.305 e. The molecule has 212 valence electrons. The minimum absolute atomic E-state index is 0.129. The van der Waals surface area contributed by atoms with Crippen molar-refractivity contribution in [3.05, 3.63) is 144 Å². The van der Waals surface area contributed by atoms with Gasteiger partial charge in [0.2, 0.25) is 11.7 Å². The first-order valence-electron chi connectivity index (χ1n) is 14.3. The molecule has 6 heteroatoms. The van der Waals surface area contributed by atoms with Gasteiger partial charge in [0.1, 0.15) is 11.0 Å². The zero-order valence-electron chi connectivity index (χ0n) is 23.6. The molecule has 4 aromatic carbocycles. The lowest BCUT2D eigenvalue weighted by Gasteiger charge is -2.48. The number of fused-ring (bicyclic) bond motifs is 1. The van der Waals surface area contributed by atoms with Gasteiger partial charge in [0.05, 0.1) is 0 Å². The fraction of sp³-hybridized carbons (Fsp3) is 0.250. The van der Waals surface area contributed by atoms with E-state index < -0.39 is 22.8 Å². The summed E-state index contributed by atoms with van der Waals surface area (Å²) < 4.78 is 13.2. The summed E-state index contributed by atoms with van der Waals surface area (Å²) >= 11 is 0. The molecule has 0 aliphatic carbocycles. The molecule has 0 saturated carbocycles. The fourth-order valence-corrected chi connectivity index (χ4v) is 6.72. The highest BCUT2D eigenvalue weighted by Crippen LogP contribution is 2.63. The first-order valence-corrected chi connectivity index (χ1v) is 14.3. The number of ether oxygens (including phenoxy) is 2. The summed E-state index contributed by atoms with van der Waals surface area (Å²) in [5.74, 6) is -2.67. The zero-order chi connectivity index (χ0) is 29.2. The third-order valence-corrected chi connectivity index (χ3v) is 8.59. The molecule has 2 unspecified atom stereocenters. The van der Waals surface area contributed by atoms with Crippen LogP contribution in [0.25, 0.3) is 0 Å². The molecular weight excluding hydrogens is 526 g/mol. The van der Waals surface area contributed by atoms with Gasteiger partial charge in [-0.15, -0.1) is 0 Å². The van der Waals surface area contributed by atoms with Crippen LogP contribution in [0.2, 0.25) is 0 Å². The van der Waals surface area contributed by atoms with Gasteiger partial charge in [-0.2, -0.15) is 0 Å². The van der Waals surface area contributed by atoms with Gasteiger partial charge < -0.3 is 14.4 Å². The van der Waals surface area contributed by atoms with Gasteiger partial charge in [0, 0.05) is 44.8 Å². The van der Waals surface area contributed by atoms with E-state index in [1.807, 2.05) is 97.1 Å². The van der Waals surface area contributed by atoms with Crippen molar-refractivity contribution in [1.29, 1.82) is 0 Å². The lowest BCUT2D eigenvalue weighted by Crippen LogP contribution is -2.63. The van der Waals surface area contributed by atoms with E-state index in [4.69, 9.17) is 9.47 Å². The van der Waals surface area contributed by atoms with Crippen LogP contribution in [-0.2, 0) is 31.2 Å². The molecule has 0 radical (unpaired) electrons. The number of esters is 1. The number of rotatable bonds is 8. The number of carbonyl (C=O) groups is 3. The van der Waals surface area contributed by atoms with Crippen molar-refractivity contribution in [2.75, 3.05) is 6.54 Å². The second-order valence-electron chi connectivity index (χ2n) is 11.2. The summed E-state index contributed by atoms with van der Waals surface area (Å²) in [6.45, 7) is 2.01. The average Bonchev–Trinajstić information content (AvgIpc) is 3.32. The average molecular weight is 560 g/mol. The van der Waals surface area contributed by atoms with Crippen molar-refractivity contribution in [2.45, 2.75) is 44.1 Å². The maximum Gasteiger partial charge on any atom is 0.305 e. The van der Waals surface area contributed by atoms with Crippen LogP contribution in [-0.4, -0.2) is 34.9 Å². The number of ketones is 1. The predicted molar refractivity (Wildman–Crippen MR) is 158 cm³/mol. The lowest BCUT2D eigenvalue weighted by molar-refractivity contribution is -0.279. The maximum absolute atomic E-state index is 14.9. The Kier molecular flexibility index (Phi) is 7.25. The highest BCUT2D eigenvalue weighted by atomic mass is 16.7. The normalized spacial score (nSPS) is 22.8. The summed E-state index contributed by atoms with van der Waals surface area (Å²) in [5, 5.41) is 0. The first kappa shape index (κ1) is 27.6. The van der Waals surface area contributed by atoms with E-state index in [1.54, 1.807) is 29.2 Å². The summed E-state index contributed by atoms with van der Waals surface area (Å²) in [6.07, 6.45) is 0.189. The molecular formula is C36H33NO5. The number of likely N-dealkylation sites (tertiary alicyclic amines) is 1. The Morgan fingerprint density at radius 3 is 1.86 bits per heavy atom. The molecule has 2 atom stereocenters. The van der Waals surface area contributed by atoms with Crippen LogP contribution in [0.1, 0.15) is 53.2 Å². The Morgan fingerprint density at radius 1 is 0.786 bits per heavy atom.